The van der Waals surface area contributed by atoms with Crippen LogP contribution in [-0.2, 0) is 0 Å². The fourth-order valence-corrected chi connectivity index (χ4v) is 2.49. The molecule has 1 saturated carbocycles. The van der Waals surface area contributed by atoms with Gasteiger partial charge in [-0.15, -0.1) is 0 Å². The molecule has 1 unspecified atom stereocenters. The van der Waals surface area contributed by atoms with E-state index in [1.54, 1.807) is 0 Å². The molecule has 2 aliphatic carbocycles. The molecule has 2 aliphatic rings. The Morgan fingerprint density at radius 2 is 2.23 bits per heavy atom. The number of hydrogen-bond acceptors (Lipinski definition) is 1. The van der Waals surface area contributed by atoms with E-state index in [1.165, 1.54) is 37.7 Å². The summed E-state index contributed by atoms with van der Waals surface area (Å²) in [4.78, 5) is 0. The molecule has 0 bridgehead atoms. The Morgan fingerprint density at radius 3 is 2.69 bits per heavy atom. The van der Waals surface area contributed by atoms with Crippen LogP contribution in [0.2, 0.25) is 0 Å². The molecule has 1 nitrogen and oxygen atoms in total. The highest BCUT2D eigenvalue weighted by atomic mass is 16.3. The monoisotopic (exact) mass is 180 g/mol. The third kappa shape index (κ3) is 1.67. The first-order valence-electron chi connectivity index (χ1n) is 5.65. The van der Waals surface area contributed by atoms with Crippen molar-refractivity contribution in [3.63, 3.8) is 0 Å². The third-order valence-electron chi connectivity index (χ3n) is 3.85. The molecule has 74 valence electrons. The highest BCUT2D eigenvalue weighted by Gasteiger charge is 2.48. The standard InChI is InChI=1S/C12H20O/c1-2-12(8-9-12)11(13)10-6-4-3-5-7-10/h6,11,13H,2-5,7-9H2,1H3. The van der Waals surface area contributed by atoms with Gasteiger partial charge in [-0.1, -0.05) is 13.0 Å². The average molecular weight is 180 g/mol. The minimum absolute atomic E-state index is 0.113. The van der Waals surface area contributed by atoms with Crippen LogP contribution in [0.1, 0.15) is 51.9 Å². The molecule has 0 heterocycles. The maximum Gasteiger partial charge on any atom is 0.0806 e. The number of hydrogen-bond donors (Lipinski definition) is 1. The molecule has 1 heteroatoms. The van der Waals surface area contributed by atoms with Crippen molar-refractivity contribution >= 4 is 0 Å². The van der Waals surface area contributed by atoms with Crippen LogP contribution in [0.15, 0.2) is 11.6 Å². The highest BCUT2D eigenvalue weighted by molar-refractivity contribution is 5.18. The topological polar surface area (TPSA) is 20.2 Å². The van der Waals surface area contributed by atoms with Crippen LogP contribution >= 0.6 is 0 Å². The lowest BCUT2D eigenvalue weighted by atomic mass is 9.85. The van der Waals surface area contributed by atoms with E-state index in [4.69, 9.17) is 0 Å². The van der Waals surface area contributed by atoms with Gasteiger partial charge in [-0.05, 0) is 55.9 Å². The molecule has 0 amide bonds. The summed E-state index contributed by atoms with van der Waals surface area (Å²) < 4.78 is 0. The van der Waals surface area contributed by atoms with Crippen molar-refractivity contribution in [2.24, 2.45) is 5.41 Å². The van der Waals surface area contributed by atoms with Gasteiger partial charge in [-0.25, -0.2) is 0 Å². The van der Waals surface area contributed by atoms with Gasteiger partial charge >= 0.3 is 0 Å². The summed E-state index contributed by atoms with van der Waals surface area (Å²) in [6.07, 6.45) is 10.7. The van der Waals surface area contributed by atoms with Crippen LogP contribution in [0.4, 0.5) is 0 Å². The first-order chi connectivity index (χ1) is 6.28. The lowest BCUT2D eigenvalue weighted by molar-refractivity contribution is 0.118. The maximum absolute atomic E-state index is 10.2. The lowest BCUT2D eigenvalue weighted by Gasteiger charge is -2.25. The van der Waals surface area contributed by atoms with E-state index in [9.17, 15) is 5.11 Å². The van der Waals surface area contributed by atoms with Crippen LogP contribution < -0.4 is 0 Å². The van der Waals surface area contributed by atoms with Gasteiger partial charge in [0.2, 0.25) is 0 Å². The molecule has 0 aliphatic heterocycles. The van der Waals surface area contributed by atoms with Crippen LogP contribution in [0, 0.1) is 5.41 Å². The zero-order valence-electron chi connectivity index (χ0n) is 8.55. The molecule has 13 heavy (non-hydrogen) atoms. The van der Waals surface area contributed by atoms with Crippen LogP contribution in [0.25, 0.3) is 0 Å². The SMILES string of the molecule is CCC1(C(O)C2=CCCCC2)CC1. The third-order valence-corrected chi connectivity index (χ3v) is 3.85. The van der Waals surface area contributed by atoms with E-state index in [2.05, 4.69) is 13.0 Å². The predicted octanol–water partition coefficient (Wildman–Crippen LogP) is 3.04. The number of allylic oxidation sites excluding steroid dienone is 1. The summed E-state index contributed by atoms with van der Waals surface area (Å²) in [5.74, 6) is 0. The second-order valence-electron chi connectivity index (χ2n) is 4.64. The van der Waals surface area contributed by atoms with Gasteiger partial charge in [-0.3, -0.25) is 0 Å². The first kappa shape index (κ1) is 9.26. The van der Waals surface area contributed by atoms with Crippen LogP contribution in [-0.4, -0.2) is 11.2 Å². The average Bonchev–Trinajstić information content (AvgIpc) is 2.99. The molecular weight excluding hydrogens is 160 g/mol. The Labute approximate surface area is 80.8 Å². The Morgan fingerprint density at radius 1 is 1.46 bits per heavy atom. The molecule has 1 fully saturated rings. The van der Waals surface area contributed by atoms with Crippen molar-refractivity contribution in [3.8, 4) is 0 Å². The normalized spacial score (nSPS) is 28.0. The van der Waals surface area contributed by atoms with Crippen molar-refractivity contribution in [2.45, 2.75) is 58.0 Å². The maximum atomic E-state index is 10.2. The molecule has 0 saturated heterocycles. The van der Waals surface area contributed by atoms with E-state index < -0.39 is 0 Å². The fourth-order valence-electron chi connectivity index (χ4n) is 2.49. The molecular formula is C12H20O. The van der Waals surface area contributed by atoms with E-state index in [-0.39, 0.29) is 6.10 Å². The van der Waals surface area contributed by atoms with E-state index in [1.807, 2.05) is 0 Å². The molecule has 0 spiro atoms. The van der Waals surface area contributed by atoms with E-state index >= 15 is 0 Å². The Kier molecular flexibility index (Phi) is 2.46. The Bertz CT molecular complexity index is 213. The van der Waals surface area contributed by atoms with Crippen molar-refractivity contribution in [1.29, 1.82) is 0 Å². The van der Waals surface area contributed by atoms with Crippen molar-refractivity contribution in [3.05, 3.63) is 11.6 Å². The summed E-state index contributed by atoms with van der Waals surface area (Å²) in [6, 6.07) is 0. The number of aliphatic hydroxyl groups is 1. The second-order valence-corrected chi connectivity index (χ2v) is 4.64. The quantitative estimate of drug-likeness (QED) is 0.662. The zero-order valence-corrected chi connectivity index (χ0v) is 8.55. The van der Waals surface area contributed by atoms with Crippen molar-refractivity contribution in [1.82, 2.24) is 0 Å². The summed E-state index contributed by atoms with van der Waals surface area (Å²) >= 11 is 0. The lowest BCUT2D eigenvalue weighted by Crippen LogP contribution is -2.24. The molecule has 0 aromatic heterocycles. The summed E-state index contributed by atoms with van der Waals surface area (Å²) in [5, 5.41) is 10.2. The van der Waals surface area contributed by atoms with Gasteiger partial charge in [0.15, 0.2) is 0 Å². The van der Waals surface area contributed by atoms with E-state index in [0.717, 1.165) is 12.8 Å². The summed E-state index contributed by atoms with van der Waals surface area (Å²) in [7, 11) is 0. The second kappa shape index (κ2) is 3.45. The molecule has 0 aromatic carbocycles. The minimum atomic E-state index is -0.113. The van der Waals surface area contributed by atoms with Gasteiger partial charge in [0, 0.05) is 0 Å². The predicted molar refractivity (Wildman–Crippen MR) is 54.5 cm³/mol. The van der Waals surface area contributed by atoms with Gasteiger partial charge in [0.05, 0.1) is 6.10 Å². The van der Waals surface area contributed by atoms with Gasteiger partial charge in [-0.2, -0.15) is 0 Å². The molecule has 1 N–H and O–H groups in total. The van der Waals surface area contributed by atoms with Crippen LogP contribution in [0.5, 0.6) is 0 Å². The highest BCUT2D eigenvalue weighted by Crippen LogP contribution is 2.54. The smallest absolute Gasteiger partial charge is 0.0806 e. The van der Waals surface area contributed by atoms with Crippen molar-refractivity contribution in [2.75, 3.05) is 0 Å². The molecule has 0 radical (unpaired) electrons. The fraction of sp³-hybridized carbons (Fsp3) is 0.833. The Balaban J connectivity index is 2.03. The number of aliphatic hydroxyl groups excluding tert-OH is 1. The van der Waals surface area contributed by atoms with Gasteiger partial charge in [0.25, 0.3) is 0 Å². The summed E-state index contributed by atoms with van der Waals surface area (Å²) in [6.45, 7) is 2.21. The van der Waals surface area contributed by atoms with E-state index in [0.29, 0.717) is 5.41 Å². The summed E-state index contributed by atoms with van der Waals surface area (Å²) in [5.41, 5.74) is 1.63. The van der Waals surface area contributed by atoms with Gasteiger partial charge < -0.3 is 5.11 Å². The Hall–Kier alpha value is -0.300. The number of rotatable bonds is 3. The van der Waals surface area contributed by atoms with Gasteiger partial charge in [0.1, 0.15) is 0 Å². The van der Waals surface area contributed by atoms with Crippen molar-refractivity contribution < 1.29 is 5.11 Å². The molecule has 0 aromatic rings. The first-order valence-corrected chi connectivity index (χ1v) is 5.65. The molecule has 1 atom stereocenters. The zero-order chi connectivity index (χ0) is 9.31. The van der Waals surface area contributed by atoms with Crippen LogP contribution in [0.3, 0.4) is 0 Å². The molecule has 2 rings (SSSR count). The largest absolute Gasteiger partial charge is 0.388 e. The minimum Gasteiger partial charge on any atom is -0.388 e.